The zero-order valence-electron chi connectivity index (χ0n) is 12.8. The van der Waals surface area contributed by atoms with E-state index in [1.165, 1.54) is 6.92 Å². The van der Waals surface area contributed by atoms with Crippen molar-refractivity contribution in [1.29, 1.82) is 5.26 Å². The van der Waals surface area contributed by atoms with Gasteiger partial charge in [0.25, 0.3) is 0 Å². The number of nitrogens with zero attached hydrogens (tertiary/aromatic N) is 2. The second-order valence-electron chi connectivity index (χ2n) is 4.92. The fourth-order valence-corrected chi connectivity index (χ4v) is 2.17. The van der Waals surface area contributed by atoms with Crippen LogP contribution < -0.4 is 11.2 Å². The lowest BCUT2D eigenvalue weighted by Gasteiger charge is -2.18. The van der Waals surface area contributed by atoms with Crippen molar-refractivity contribution in [3.05, 3.63) is 59.8 Å². The Bertz CT molecular complexity index is 899. The maximum Gasteiger partial charge on any atom is 0.235 e. The van der Waals surface area contributed by atoms with Crippen LogP contribution in [0.3, 0.4) is 0 Å². The largest absolute Gasteiger partial charge is 0.374 e. The van der Waals surface area contributed by atoms with E-state index in [0.29, 0.717) is 5.56 Å². The number of benzene rings is 2. The average molecular weight is 338 g/mol. The number of rotatable bonds is 3. The predicted molar refractivity (Wildman–Crippen MR) is 94.4 cm³/mol. The highest BCUT2D eigenvalue weighted by Crippen LogP contribution is 2.18. The van der Waals surface area contributed by atoms with E-state index < -0.39 is 11.7 Å². The molecule has 0 saturated carbocycles. The molecule has 2 rings (SSSR count). The summed E-state index contributed by atoms with van der Waals surface area (Å²) < 4.78 is 0. The smallest absolute Gasteiger partial charge is 0.235 e. The molecule has 0 saturated heterocycles. The van der Waals surface area contributed by atoms with Crippen LogP contribution in [-0.4, -0.2) is 21.8 Å². The Morgan fingerprint density at radius 3 is 2.50 bits per heavy atom. The number of nitrogens with one attached hydrogen (secondary N) is 1. The lowest BCUT2D eigenvalue weighted by molar-refractivity contribution is -0.121. The van der Waals surface area contributed by atoms with E-state index in [1.807, 2.05) is 30.3 Å². The molecule has 0 aromatic heterocycles. The van der Waals surface area contributed by atoms with E-state index in [2.05, 4.69) is 5.43 Å². The van der Waals surface area contributed by atoms with Gasteiger partial charge in [-0.1, -0.05) is 36.4 Å². The third kappa shape index (κ3) is 3.94. The second kappa shape index (κ2) is 7.35. The third-order valence-corrected chi connectivity index (χ3v) is 3.35. The van der Waals surface area contributed by atoms with Crippen molar-refractivity contribution in [1.82, 2.24) is 10.4 Å². The van der Waals surface area contributed by atoms with Gasteiger partial charge in [-0.2, -0.15) is 5.26 Å². The van der Waals surface area contributed by atoms with Crippen LogP contribution >= 0.6 is 12.2 Å². The van der Waals surface area contributed by atoms with Crippen molar-refractivity contribution >= 4 is 39.8 Å². The first-order valence-corrected chi connectivity index (χ1v) is 7.34. The summed E-state index contributed by atoms with van der Waals surface area (Å²) >= 11 is 4.79. The Morgan fingerprint density at radius 1 is 1.25 bits per heavy atom. The van der Waals surface area contributed by atoms with Crippen LogP contribution in [0.4, 0.5) is 0 Å². The number of ketones is 1. The molecule has 24 heavy (non-hydrogen) atoms. The summed E-state index contributed by atoms with van der Waals surface area (Å²) in [5.41, 5.74) is 7.96. The predicted octanol–water partition coefficient (Wildman–Crippen LogP) is 2.03. The Labute approximate surface area is 144 Å². The quantitative estimate of drug-likeness (QED) is 0.292. The van der Waals surface area contributed by atoms with E-state index in [9.17, 15) is 14.9 Å². The van der Waals surface area contributed by atoms with Gasteiger partial charge in [-0.25, -0.2) is 5.01 Å². The molecular weight excluding hydrogens is 324 g/mol. The molecule has 7 heteroatoms. The van der Waals surface area contributed by atoms with Crippen LogP contribution in [0, 0.1) is 11.3 Å². The molecule has 0 aliphatic carbocycles. The highest BCUT2D eigenvalue weighted by molar-refractivity contribution is 7.80. The Balaban J connectivity index is 2.39. The molecule has 2 aromatic rings. The molecule has 2 aromatic carbocycles. The molecular formula is C17H14N4O2S. The summed E-state index contributed by atoms with van der Waals surface area (Å²) in [4.78, 5) is 23.7. The zero-order chi connectivity index (χ0) is 17.7. The maximum absolute atomic E-state index is 12.5. The van der Waals surface area contributed by atoms with Crippen molar-refractivity contribution in [2.75, 3.05) is 0 Å². The zero-order valence-corrected chi connectivity index (χ0v) is 13.6. The summed E-state index contributed by atoms with van der Waals surface area (Å²) in [6.45, 7) is 1.26. The van der Waals surface area contributed by atoms with E-state index in [-0.39, 0.29) is 10.7 Å². The van der Waals surface area contributed by atoms with Gasteiger partial charge in [-0.3, -0.25) is 15.0 Å². The van der Waals surface area contributed by atoms with Crippen LogP contribution in [-0.2, 0) is 4.79 Å². The molecule has 0 aliphatic heterocycles. The van der Waals surface area contributed by atoms with Crippen LogP contribution in [0.1, 0.15) is 17.3 Å². The van der Waals surface area contributed by atoms with Gasteiger partial charge in [-0.15, -0.1) is 0 Å². The summed E-state index contributed by atoms with van der Waals surface area (Å²) in [5, 5.41) is 11.9. The monoisotopic (exact) mass is 338 g/mol. The minimum absolute atomic E-state index is 0.190. The fraction of sp³-hybridized carbons (Fsp3) is 0.0588. The molecule has 0 spiro atoms. The molecule has 1 amide bonds. The summed E-state index contributed by atoms with van der Waals surface area (Å²) in [7, 11) is 0. The van der Waals surface area contributed by atoms with E-state index in [1.54, 1.807) is 18.2 Å². The molecule has 0 bridgehead atoms. The number of hydrazine groups is 1. The number of carbonyl (C=O) groups is 2. The Kier molecular flexibility index (Phi) is 5.24. The molecule has 3 N–H and O–H groups in total. The number of fused-ring (bicyclic) bond motifs is 1. The summed E-state index contributed by atoms with van der Waals surface area (Å²) in [5.74, 6) is -0.927. The summed E-state index contributed by atoms with van der Waals surface area (Å²) in [6, 6.07) is 14.5. The number of amides is 1. The van der Waals surface area contributed by atoms with Gasteiger partial charge < -0.3 is 5.73 Å². The highest BCUT2D eigenvalue weighted by atomic mass is 32.1. The molecule has 0 unspecified atom stereocenters. The van der Waals surface area contributed by atoms with Gasteiger partial charge in [-0.05, 0) is 29.1 Å². The molecule has 0 heterocycles. The average Bonchev–Trinajstić information content (AvgIpc) is 2.57. The standard InChI is InChI=1S/C17H14N4O2S/c1-11(22)20-21(17(19)24)10-15(9-18)16(23)14-7-6-12-4-2-3-5-13(12)8-14/h2-8,10H,1H3,(H2,19,24)(H,20,22)/b15-10+. The number of hydrogen-bond donors (Lipinski definition) is 2. The van der Waals surface area contributed by atoms with Gasteiger partial charge in [0.15, 0.2) is 5.11 Å². The number of Topliss-reactive ketones (excluding diaryl/α,β-unsaturated/α-hetero) is 1. The van der Waals surface area contributed by atoms with Gasteiger partial charge in [0.05, 0.1) is 6.20 Å². The lowest BCUT2D eigenvalue weighted by atomic mass is 10.0. The van der Waals surface area contributed by atoms with Crippen molar-refractivity contribution in [2.45, 2.75) is 6.92 Å². The van der Waals surface area contributed by atoms with Gasteiger partial charge >= 0.3 is 0 Å². The first kappa shape index (κ1) is 17.1. The SMILES string of the molecule is CC(=O)NN(/C=C(\C#N)C(=O)c1ccc2ccccc2c1)C(N)=S. The molecule has 0 fully saturated rings. The number of allylic oxidation sites excluding steroid dienone is 1. The summed E-state index contributed by atoms with van der Waals surface area (Å²) in [6.07, 6.45) is 1.11. The molecule has 120 valence electrons. The number of thiocarbonyl (C=S) groups is 1. The van der Waals surface area contributed by atoms with Crippen LogP contribution in [0.2, 0.25) is 0 Å². The number of nitriles is 1. The van der Waals surface area contributed by atoms with Crippen molar-refractivity contribution < 1.29 is 9.59 Å². The lowest BCUT2D eigenvalue weighted by Crippen LogP contribution is -2.44. The number of nitrogens with two attached hydrogens (primary N) is 1. The maximum atomic E-state index is 12.5. The van der Waals surface area contributed by atoms with Gasteiger partial charge in [0.1, 0.15) is 11.6 Å². The number of carbonyl (C=O) groups excluding carboxylic acids is 2. The number of hydrogen-bond acceptors (Lipinski definition) is 4. The van der Waals surface area contributed by atoms with Crippen molar-refractivity contribution in [2.24, 2.45) is 5.73 Å². The Morgan fingerprint density at radius 2 is 1.92 bits per heavy atom. The highest BCUT2D eigenvalue weighted by Gasteiger charge is 2.16. The van der Waals surface area contributed by atoms with E-state index in [4.69, 9.17) is 18.0 Å². The van der Waals surface area contributed by atoms with E-state index >= 15 is 0 Å². The van der Waals surface area contributed by atoms with Crippen LogP contribution in [0.15, 0.2) is 54.2 Å². The molecule has 6 nitrogen and oxygen atoms in total. The normalized spacial score (nSPS) is 10.8. The first-order chi connectivity index (χ1) is 11.4. The minimum atomic E-state index is -0.491. The van der Waals surface area contributed by atoms with Crippen molar-refractivity contribution in [3.8, 4) is 6.07 Å². The van der Waals surface area contributed by atoms with Gasteiger partial charge in [0.2, 0.25) is 11.7 Å². The van der Waals surface area contributed by atoms with E-state index in [0.717, 1.165) is 22.0 Å². The molecule has 0 aliphatic rings. The first-order valence-electron chi connectivity index (χ1n) is 6.93. The van der Waals surface area contributed by atoms with Crippen molar-refractivity contribution in [3.63, 3.8) is 0 Å². The second-order valence-corrected chi connectivity index (χ2v) is 5.34. The van der Waals surface area contributed by atoms with Crippen LogP contribution in [0.5, 0.6) is 0 Å². The minimum Gasteiger partial charge on any atom is -0.374 e. The fourth-order valence-electron chi connectivity index (χ4n) is 2.07. The third-order valence-electron chi connectivity index (χ3n) is 3.15. The Hall–Kier alpha value is -3.24. The topological polar surface area (TPSA) is 99.2 Å². The molecule has 0 radical (unpaired) electrons. The van der Waals surface area contributed by atoms with Gasteiger partial charge in [0, 0.05) is 12.5 Å². The molecule has 0 atom stereocenters. The van der Waals surface area contributed by atoms with Crippen LogP contribution in [0.25, 0.3) is 10.8 Å².